The molecule has 2 aromatic heterocycles. The fourth-order valence-corrected chi connectivity index (χ4v) is 6.47. The smallest absolute Gasteiger partial charge is 0.142 e. The monoisotopic (exact) mass is 536 g/mol. The first-order valence-corrected chi connectivity index (χ1v) is 14.4. The molecule has 0 radical (unpaired) electrons. The van der Waals surface area contributed by atoms with Crippen LogP contribution in [0, 0.1) is 11.3 Å². The molecule has 0 amide bonds. The molecular formula is C31H32N6OS. The highest BCUT2D eigenvalue weighted by Crippen LogP contribution is 2.39. The summed E-state index contributed by atoms with van der Waals surface area (Å²) in [5.74, 6) is 0.809. The minimum absolute atomic E-state index is 0.496. The Balaban J connectivity index is 1.25. The van der Waals surface area contributed by atoms with Gasteiger partial charge in [-0.1, -0.05) is 17.8 Å². The topological polar surface area (TPSA) is 77.3 Å². The van der Waals surface area contributed by atoms with Gasteiger partial charge in [0.05, 0.1) is 29.6 Å². The van der Waals surface area contributed by atoms with Gasteiger partial charge in [0.2, 0.25) is 0 Å². The summed E-state index contributed by atoms with van der Waals surface area (Å²) in [4.78, 5) is 15.2. The second-order valence-electron chi connectivity index (χ2n) is 10.1. The highest BCUT2D eigenvalue weighted by Gasteiger charge is 2.28. The third-order valence-electron chi connectivity index (χ3n) is 7.74. The molecule has 0 aliphatic carbocycles. The molecule has 0 unspecified atom stereocenters. The van der Waals surface area contributed by atoms with Gasteiger partial charge in [0.25, 0.3) is 0 Å². The lowest BCUT2D eigenvalue weighted by molar-refractivity contribution is 0.207. The average Bonchev–Trinajstić information content (AvgIpc) is 3.53. The summed E-state index contributed by atoms with van der Waals surface area (Å²) in [5, 5.41) is 15.2. The predicted molar refractivity (Wildman–Crippen MR) is 157 cm³/mol. The van der Waals surface area contributed by atoms with Crippen molar-refractivity contribution in [1.82, 2.24) is 14.9 Å². The zero-order valence-corrected chi connectivity index (χ0v) is 23.0. The summed E-state index contributed by atoms with van der Waals surface area (Å²) in [6, 6.07) is 21.2. The summed E-state index contributed by atoms with van der Waals surface area (Å²) in [7, 11) is 1.72. The lowest BCUT2D eigenvalue weighted by atomic mass is 10.0. The number of nitrogens with zero attached hydrogens (tertiary/aromatic N) is 5. The Bertz CT molecular complexity index is 1470. The van der Waals surface area contributed by atoms with E-state index in [4.69, 9.17) is 4.74 Å². The van der Waals surface area contributed by atoms with E-state index < -0.39 is 0 Å². The van der Waals surface area contributed by atoms with Gasteiger partial charge in [-0.15, -0.1) is 0 Å². The van der Waals surface area contributed by atoms with Gasteiger partial charge >= 0.3 is 0 Å². The number of ether oxygens (including phenoxy) is 1. The Morgan fingerprint density at radius 2 is 1.79 bits per heavy atom. The average molecular weight is 537 g/mol. The van der Waals surface area contributed by atoms with E-state index in [9.17, 15) is 5.26 Å². The molecule has 2 fully saturated rings. The Morgan fingerprint density at radius 1 is 1.00 bits per heavy atom. The van der Waals surface area contributed by atoms with Gasteiger partial charge in [-0.25, -0.2) is 4.98 Å². The van der Waals surface area contributed by atoms with Crippen LogP contribution in [0.3, 0.4) is 0 Å². The number of hydrogen-bond acceptors (Lipinski definition) is 8. The Labute approximate surface area is 233 Å². The van der Waals surface area contributed by atoms with E-state index in [1.807, 2.05) is 36.4 Å². The van der Waals surface area contributed by atoms with Crippen LogP contribution in [0.15, 0.2) is 76.9 Å². The van der Waals surface area contributed by atoms with Gasteiger partial charge in [0.15, 0.2) is 0 Å². The number of methoxy groups -OCH3 is 1. The van der Waals surface area contributed by atoms with Crippen molar-refractivity contribution in [3.63, 3.8) is 0 Å². The molecule has 39 heavy (non-hydrogen) atoms. The fraction of sp³-hybridized carbons (Fsp3) is 0.323. The van der Waals surface area contributed by atoms with E-state index >= 15 is 0 Å². The molecule has 0 spiro atoms. The van der Waals surface area contributed by atoms with Gasteiger partial charge < -0.3 is 19.9 Å². The maximum Gasteiger partial charge on any atom is 0.142 e. The summed E-state index contributed by atoms with van der Waals surface area (Å²) < 4.78 is 5.89. The zero-order chi connectivity index (χ0) is 26.6. The van der Waals surface area contributed by atoms with Crippen LogP contribution in [0.5, 0.6) is 5.75 Å². The molecule has 2 aliphatic heterocycles. The van der Waals surface area contributed by atoms with E-state index in [0.29, 0.717) is 11.6 Å². The van der Waals surface area contributed by atoms with Gasteiger partial charge in [0, 0.05) is 47.5 Å². The van der Waals surface area contributed by atoms with Crippen molar-refractivity contribution < 1.29 is 4.74 Å². The highest BCUT2D eigenvalue weighted by atomic mass is 32.2. The molecule has 0 atom stereocenters. The molecular weight excluding hydrogens is 504 g/mol. The van der Waals surface area contributed by atoms with Crippen LogP contribution in [0.4, 0.5) is 17.1 Å². The molecule has 198 valence electrons. The highest BCUT2D eigenvalue weighted by molar-refractivity contribution is 7.99. The Kier molecular flexibility index (Phi) is 7.53. The number of pyridine rings is 2. The first-order valence-electron chi connectivity index (χ1n) is 13.6. The van der Waals surface area contributed by atoms with Crippen molar-refractivity contribution in [2.24, 2.45) is 0 Å². The number of nitriles is 1. The van der Waals surface area contributed by atoms with E-state index in [2.05, 4.69) is 49.4 Å². The van der Waals surface area contributed by atoms with Crippen LogP contribution in [-0.2, 0) is 0 Å². The maximum atomic E-state index is 9.88. The number of aromatic nitrogens is 2. The number of nitrogens with one attached hydrogen (secondary N) is 1. The number of anilines is 3. The number of piperidine rings is 1. The van der Waals surface area contributed by atoms with Crippen molar-refractivity contribution >= 4 is 39.7 Å². The summed E-state index contributed by atoms with van der Waals surface area (Å²) in [5.41, 5.74) is 4.05. The van der Waals surface area contributed by atoms with Crippen LogP contribution in [0.2, 0.25) is 0 Å². The molecule has 1 N–H and O–H groups in total. The van der Waals surface area contributed by atoms with Crippen LogP contribution in [0.25, 0.3) is 10.9 Å². The number of fused-ring (bicyclic) bond motifs is 1. The number of benzene rings is 2. The molecule has 2 saturated heterocycles. The van der Waals surface area contributed by atoms with Crippen LogP contribution in [-0.4, -0.2) is 54.2 Å². The van der Waals surface area contributed by atoms with Crippen molar-refractivity contribution in [3.05, 3.63) is 72.6 Å². The van der Waals surface area contributed by atoms with E-state index in [1.165, 1.54) is 38.8 Å². The first-order chi connectivity index (χ1) is 19.2. The Hall–Kier alpha value is -3.80. The van der Waals surface area contributed by atoms with Crippen molar-refractivity contribution in [1.29, 1.82) is 5.26 Å². The summed E-state index contributed by atoms with van der Waals surface area (Å²) in [6.07, 6.45) is 8.46. The van der Waals surface area contributed by atoms with Gasteiger partial charge in [0.1, 0.15) is 16.8 Å². The molecule has 0 saturated carbocycles. The third-order valence-corrected chi connectivity index (χ3v) is 8.69. The van der Waals surface area contributed by atoms with Crippen molar-refractivity contribution in [2.45, 2.75) is 41.6 Å². The molecule has 6 rings (SSSR count). The van der Waals surface area contributed by atoms with Gasteiger partial charge in [-0.05, 0) is 87.3 Å². The second kappa shape index (κ2) is 11.5. The molecule has 2 aromatic carbocycles. The molecule has 7 nitrogen and oxygen atoms in total. The standard InChI is InChI=1S/C31H32N6OS/c1-38-29-18-26-27(19-28(29)37-16-11-24(12-17-37)36-14-4-5-15-36)34-21-22(20-32)31(26)35-23-7-9-25(10-8-23)39-30-6-2-3-13-33-30/h2-3,6-10,13,18-19,21,24H,4-5,11-12,14-17H2,1H3,(H,34,35). The lowest BCUT2D eigenvalue weighted by Gasteiger charge is -2.38. The fourth-order valence-electron chi connectivity index (χ4n) is 5.70. The normalized spacial score (nSPS) is 16.4. The third kappa shape index (κ3) is 5.51. The SMILES string of the molecule is COc1cc2c(Nc3ccc(Sc4ccccn4)cc3)c(C#N)cnc2cc1N1CCC(N2CCCC2)CC1. The van der Waals surface area contributed by atoms with Gasteiger partial charge in [-0.2, -0.15) is 5.26 Å². The van der Waals surface area contributed by atoms with Crippen LogP contribution in [0.1, 0.15) is 31.2 Å². The quantitative estimate of drug-likeness (QED) is 0.288. The van der Waals surface area contributed by atoms with Crippen LogP contribution >= 0.6 is 11.8 Å². The van der Waals surface area contributed by atoms with E-state index in [1.54, 1.807) is 31.3 Å². The Morgan fingerprint density at radius 3 is 2.49 bits per heavy atom. The molecule has 4 heterocycles. The summed E-state index contributed by atoms with van der Waals surface area (Å²) in [6.45, 7) is 4.51. The van der Waals surface area contributed by atoms with E-state index in [-0.39, 0.29) is 0 Å². The maximum absolute atomic E-state index is 9.88. The molecule has 8 heteroatoms. The van der Waals surface area contributed by atoms with E-state index in [0.717, 1.165) is 56.7 Å². The number of hydrogen-bond donors (Lipinski definition) is 1. The minimum atomic E-state index is 0.496. The number of rotatable bonds is 7. The van der Waals surface area contributed by atoms with Gasteiger partial charge in [-0.3, -0.25) is 4.98 Å². The number of likely N-dealkylation sites (tertiary alicyclic amines) is 1. The largest absolute Gasteiger partial charge is 0.495 e. The summed E-state index contributed by atoms with van der Waals surface area (Å²) >= 11 is 1.61. The molecule has 2 aliphatic rings. The molecule has 0 bridgehead atoms. The lowest BCUT2D eigenvalue weighted by Crippen LogP contribution is -2.44. The second-order valence-corrected chi connectivity index (χ2v) is 11.2. The van der Waals surface area contributed by atoms with Crippen LogP contribution < -0.4 is 15.0 Å². The van der Waals surface area contributed by atoms with Crippen molar-refractivity contribution in [3.8, 4) is 11.8 Å². The molecule has 4 aromatic rings. The zero-order valence-electron chi connectivity index (χ0n) is 22.1. The predicted octanol–water partition coefficient (Wildman–Crippen LogP) is 6.47. The minimum Gasteiger partial charge on any atom is -0.495 e. The van der Waals surface area contributed by atoms with Crippen molar-refractivity contribution in [2.75, 3.05) is 43.5 Å². The first kappa shape index (κ1) is 25.5.